The summed E-state index contributed by atoms with van der Waals surface area (Å²) in [5.41, 5.74) is 1.70. The van der Waals surface area contributed by atoms with Crippen molar-refractivity contribution in [2.45, 2.75) is 39.5 Å². The first-order valence-corrected chi connectivity index (χ1v) is 9.01. The number of carbonyl (C=O) groups is 2. The van der Waals surface area contributed by atoms with E-state index in [2.05, 4.69) is 4.99 Å². The molecule has 0 saturated heterocycles. The Bertz CT molecular complexity index is 837. The van der Waals surface area contributed by atoms with Crippen LogP contribution in [-0.4, -0.2) is 40.4 Å². The Kier molecular flexibility index (Phi) is 6.93. The lowest BCUT2D eigenvalue weighted by Gasteiger charge is -2.19. The Hall–Kier alpha value is -3.15. The molecular formula is C22H26N2O4. The van der Waals surface area contributed by atoms with Gasteiger partial charge >= 0.3 is 11.9 Å². The van der Waals surface area contributed by atoms with Crippen LogP contribution in [0.1, 0.15) is 42.3 Å². The second-order valence-electron chi connectivity index (χ2n) is 7.49. The van der Waals surface area contributed by atoms with Gasteiger partial charge in [0.15, 0.2) is 0 Å². The molecule has 0 aliphatic rings. The van der Waals surface area contributed by atoms with E-state index in [1.165, 1.54) is 0 Å². The highest BCUT2D eigenvalue weighted by atomic mass is 16.6. The number of carboxylic acids is 1. The number of nitrogens with zero attached hydrogens (tertiary/aromatic N) is 2. The molecular weight excluding hydrogens is 356 g/mol. The lowest BCUT2D eigenvalue weighted by molar-refractivity contribution is -0.130. The third-order valence-corrected chi connectivity index (χ3v) is 3.82. The number of benzene rings is 2. The first-order valence-electron chi connectivity index (χ1n) is 9.01. The number of likely N-dealkylation sites (N-methyl/N-ethyl adjacent to an activating group) is 1. The number of carbonyl (C=O) groups excluding carboxylic acids is 1. The molecule has 0 radical (unpaired) electrons. The van der Waals surface area contributed by atoms with Gasteiger partial charge in [0.25, 0.3) is 0 Å². The minimum absolute atomic E-state index is 0.0138. The molecule has 0 aliphatic heterocycles. The van der Waals surface area contributed by atoms with Crippen LogP contribution in [0.5, 0.6) is 0 Å². The summed E-state index contributed by atoms with van der Waals surface area (Å²) in [7, 11) is 1.70. The Balaban J connectivity index is 2.06. The number of aliphatic carboxylic acids is 1. The van der Waals surface area contributed by atoms with Gasteiger partial charge in [-0.05, 0) is 44.0 Å². The van der Waals surface area contributed by atoms with E-state index in [9.17, 15) is 14.7 Å². The van der Waals surface area contributed by atoms with Gasteiger partial charge in [-0.1, -0.05) is 42.5 Å². The van der Waals surface area contributed by atoms with Crippen molar-refractivity contribution in [3.8, 4) is 0 Å². The Morgan fingerprint density at radius 3 is 2.14 bits per heavy atom. The summed E-state index contributed by atoms with van der Waals surface area (Å²) < 4.78 is 5.33. The third-order valence-electron chi connectivity index (χ3n) is 3.82. The van der Waals surface area contributed by atoms with Gasteiger partial charge in [-0.3, -0.25) is 4.99 Å². The predicted molar refractivity (Wildman–Crippen MR) is 108 cm³/mol. The lowest BCUT2D eigenvalue weighted by Crippen LogP contribution is -2.33. The van der Waals surface area contributed by atoms with Crippen molar-refractivity contribution in [2.24, 2.45) is 4.99 Å². The van der Waals surface area contributed by atoms with Gasteiger partial charge in [0.05, 0.1) is 12.1 Å². The molecule has 2 aromatic carbocycles. The summed E-state index contributed by atoms with van der Waals surface area (Å²) in [6.45, 7) is 6.09. The fraction of sp³-hybridized carbons (Fsp3) is 0.318. The molecule has 28 heavy (non-hydrogen) atoms. The van der Waals surface area contributed by atoms with E-state index in [1.807, 2.05) is 51.1 Å². The highest BCUT2D eigenvalue weighted by Crippen LogP contribution is 2.13. The van der Waals surface area contributed by atoms with Gasteiger partial charge in [-0.2, -0.15) is 0 Å². The summed E-state index contributed by atoms with van der Waals surface area (Å²) in [5, 5.41) is 9.49. The van der Waals surface area contributed by atoms with E-state index >= 15 is 0 Å². The van der Waals surface area contributed by atoms with Crippen LogP contribution in [0, 0.1) is 0 Å². The average Bonchev–Trinajstić information content (AvgIpc) is 2.61. The maximum absolute atomic E-state index is 12.1. The van der Waals surface area contributed by atoms with Gasteiger partial charge in [0.1, 0.15) is 5.60 Å². The standard InChI is InChI=1S/C22H26N2O4/c1-22(2,3)28-21(27)18-12-10-16(11-13-18)14-23-19(20(25)26)24(4)15-17-8-6-5-7-9-17/h5-13H,14-15H2,1-4H3,(H,25,26). The molecule has 0 saturated carbocycles. The van der Waals surface area contributed by atoms with Crippen molar-refractivity contribution in [1.29, 1.82) is 0 Å². The van der Waals surface area contributed by atoms with Gasteiger partial charge in [0, 0.05) is 13.6 Å². The Labute approximate surface area is 165 Å². The summed E-state index contributed by atoms with van der Waals surface area (Å²) in [6, 6.07) is 16.4. The summed E-state index contributed by atoms with van der Waals surface area (Å²) in [6.07, 6.45) is 0. The SMILES string of the molecule is CN(Cc1ccccc1)C(=NCc1ccc(C(=O)OC(C)(C)C)cc1)C(=O)O. The smallest absolute Gasteiger partial charge is 0.371 e. The number of rotatable bonds is 5. The quantitative estimate of drug-likeness (QED) is 0.484. The number of hydrogen-bond donors (Lipinski definition) is 1. The topological polar surface area (TPSA) is 79.2 Å². The number of aliphatic imine (C=N–C) groups is 1. The molecule has 0 heterocycles. The Morgan fingerprint density at radius 1 is 1.00 bits per heavy atom. The first-order chi connectivity index (χ1) is 13.2. The van der Waals surface area contributed by atoms with Crippen molar-refractivity contribution in [3.63, 3.8) is 0 Å². The largest absolute Gasteiger partial charge is 0.475 e. The van der Waals surface area contributed by atoms with Crippen LogP contribution in [0.25, 0.3) is 0 Å². The average molecular weight is 382 g/mol. The van der Waals surface area contributed by atoms with E-state index in [-0.39, 0.29) is 12.4 Å². The molecule has 0 fully saturated rings. The van der Waals surface area contributed by atoms with E-state index in [0.717, 1.165) is 11.1 Å². The van der Waals surface area contributed by atoms with Gasteiger partial charge in [-0.25, -0.2) is 9.59 Å². The minimum Gasteiger partial charge on any atom is -0.475 e. The molecule has 148 valence electrons. The molecule has 0 atom stereocenters. The molecule has 2 rings (SSSR count). The van der Waals surface area contributed by atoms with E-state index in [1.54, 1.807) is 36.2 Å². The van der Waals surface area contributed by atoms with Crippen molar-refractivity contribution < 1.29 is 19.4 Å². The van der Waals surface area contributed by atoms with Gasteiger partial charge in [0.2, 0.25) is 5.84 Å². The summed E-state index contributed by atoms with van der Waals surface area (Å²) >= 11 is 0. The van der Waals surface area contributed by atoms with E-state index in [4.69, 9.17) is 4.74 Å². The molecule has 0 bridgehead atoms. The first kappa shape index (κ1) is 21.2. The maximum atomic E-state index is 12.1. The second-order valence-corrected chi connectivity index (χ2v) is 7.49. The molecule has 0 spiro atoms. The van der Waals surface area contributed by atoms with Crippen LogP contribution in [-0.2, 0) is 22.6 Å². The molecule has 0 aliphatic carbocycles. The number of hydrogen-bond acceptors (Lipinski definition) is 4. The highest BCUT2D eigenvalue weighted by molar-refractivity contribution is 6.34. The van der Waals surface area contributed by atoms with Crippen LogP contribution in [0.15, 0.2) is 59.6 Å². The second kappa shape index (κ2) is 9.17. The van der Waals surface area contributed by atoms with E-state index in [0.29, 0.717) is 12.1 Å². The highest BCUT2D eigenvalue weighted by Gasteiger charge is 2.18. The van der Waals surface area contributed by atoms with Crippen molar-refractivity contribution in [3.05, 3.63) is 71.3 Å². The normalized spacial score (nSPS) is 11.8. The molecule has 0 unspecified atom stereocenters. The molecule has 6 nitrogen and oxygen atoms in total. The molecule has 0 aromatic heterocycles. The predicted octanol–water partition coefficient (Wildman–Crippen LogP) is 3.76. The maximum Gasteiger partial charge on any atom is 0.371 e. The number of ether oxygens (including phenoxy) is 1. The molecule has 2 aromatic rings. The van der Waals surface area contributed by atoms with E-state index < -0.39 is 17.5 Å². The van der Waals surface area contributed by atoms with Crippen LogP contribution in [0.3, 0.4) is 0 Å². The third kappa shape index (κ3) is 6.54. The van der Waals surface area contributed by atoms with Gasteiger partial charge in [-0.15, -0.1) is 0 Å². The molecule has 1 N–H and O–H groups in total. The Morgan fingerprint density at radius 2 is 1.61 bits per heavy atom. The summed E-state index contributed by atoms with van der Waals surface area (Å²) in [4.78, 5) is 29.5. The van der Waals surface area contributed by atoms with Crippen molar-refractivity contribution in [1.82, 2.24) is 4.90 Å². The van der Waals surface area contributed by atoms with Crippen molar-refractivity contribution >= 4 is 17.8 Å². The van der Waals surface area contributed by atoms with Crippen molar-refractivity contribution in [2.75, 3.05) is 7.05 Å². The zero-order chi connectivity index (χ0) is 20.7. The molecule has 0 amide bonds. The number of carboxylic acid groups (broad SMARTS) is 1. The fourth-order valence-corrected chi connectivity index (χ4v) is 2.53. The van der Waals surface area contributed by atoms with Crippen LogP contribution in [0.4, 0.5) is 0 Å². The number of amidine groups is 1. The summed E-state index contributed by atoms with van der Waals surface area (Å²) in [5.74, 6) is -1.49. The van der Waals surface area contributed by atoms with Crippen LogP contribution < -0.4 is 0 Å². The monoisotopic (exact) mass is 382 g/mol. The fourth-order valence-electron chi connectivity index (χ4n) is 2.53. The molecule has 6 heteroatoms. The minimum atomic E-state index is -1.08. The van der Waals surface area contributed by atoms with Gasteiger partial charge < -0.3 is 14.7 Å². The zero-order valence-corrected chi connectivity index (χ0v) is 16.7. The lowest BCUT2D eigenvalue weighted by atomic mass is 10.1. The van der Waals surface area contributed by atoms with Crippen LogP contribution in [0.2, 0.25) is 0 Å². The zero-order valence-electron chi connectivity index (χ0n) is 16.7. The van der Waals surface area contributed by atoms with Crippen LogP contribution >= 0.6 is 0 Å². The number of esters is 1.